The summed E-state index contributed by atoms with van der Waals surface area (Å²) in [6.45, 7) is -0.527. The van der Waals surface area contributed by atoms with Crippen molar-refractivity contribution in [3.05, 3.63) is 138 Å². The Morgan fingerprint density at radius 1 is 0.667 bits per heavy atom. The first kappa shape index (κ1) is 30.2. The zero-order chi connectivity index (χ0) is 30.0. The van der Waals surface area contributed by atoms with Gasteiger partial charge in [0.1, 0.15) is 0 Å². The van der Waals surface area contributed by atoms with Crippen LogP contribution < -0.4 is 4.72 Å². The molecule has 0 atom stereocenters. The van der Waals surface area contributed by atoms with Crippen LogP contribution in [0.2, 0.25) is 0 Å². The van der Waals surface area contributed by atoms with Gasteiger partial charge in [-0.05, 0) is 65.2 Å². The molecule has 0 aliphatic carbocycles. The summed E-state index contributed by atoms with van der Waals surface area (Å²) >= 11 is 0. The quantitative estimate of drug-likeness (QED) is 0.173. The minimum Gasteiger partial charge on any atom is -0.454 e. The van der Waals surface area contributed by atoms with Gasteiger partial charge < -0.3 is 4.74 Å². The van der Waals surface area contributed by atoms with Crippen molar-refractivity contribution in [2.24, 2.45) is 0 Å². The molecule has 0 aliphatic heterocycles. The minimum absolute atomic E-state index is 0.0131. The fourth-order valence-electron chi connectivity index (χ4n) is 3.79. The second-order valence-electron chi connectivity index (χ2n) is 9.10. The van der Waals surface area contributed by atoms with Gasteiger partial charge >= 0.3 is 5.97 Å². The Kier molecular flexibility index (Phi) is 9.85. The standard InChI is InChI=1S/C32H27NO7S2/c34-29(19-17-25-11-7-15-30(21-25)41(36,37)24-27-9-3-1-4-10-27)23-40-32(35)20-18-26-12-8-16-31(22-26)42(38,39)33-28-13-5-2-6-14-28/h1-22,33H,23-24H2/b19-17+,20-18+. The molecule has 0 aliphatic rings. The summed E-state index contributed by atoms with van der Waals surface area (Å²) in [7, 11) is -7.42. The maximum Gasteiger partial charge on any atom is 0.331 e. The van der Waals surface area contributed by atoms with E-state index in [0.717, 1.165) is 6.08 Å². The van der Waals surface area contributed by atoms with E-state index in [1.54, 1.807) is 78.9 Å². The molecule has 4 aromatic rings. The summed E-state index contributed by atoms with van der Waals surface area (Å²) in [5.41, 5.74) is 2.03. The van der Waals surface area contributed by atoms with E-state index in [1.807, 2.05) is 6.07 Å². The van der Waals surface area contributed by atoms with E-state index in [0.29, 0.717) is 22.4 Å². The van der Waals surface area contributed by atoms with Crippen LogP contribution in [0.3, 0.4) is 0 Å². The van der Waals surface area contributed by atoms with Crippen LogP contribution in [-0.4, -0.2) is 35.2 Å². The largest absolute Gasteiger partial charge is 0.454 e. The van der Waals surface area contributed by atoms with Gasteiger partial charge in [0.25, 0.3) is 10.0 Å². The monoisotopic (exact) mass is 601 g/mol. The highest BCUT2D eigenvalue weighted by atomic mass is 32.2. The molecule has 4 aromatic carbocycles. The molecule has 4 rings (SSSR count). The zero-order valence-corrected chi connectivity index (χ0v) is 23.9. The summed E-state index contributed by atoms with van der Waals surface area (Å²) in [6.07, 6.45) is 5.12. The van der Waals surface area contributed by atoms with Gasteiger partial charge in [0, 0.05) is 11.8 Å². The molecule has 0 saturated heterocycles. The van der Waals surface area contributed by atoms with E-state index in [9.17, 15) is 26.4 Å². The van der Waals surface area contributed by atoms with Gasteiger partial charge in [0.05, 0.1) is 15.5 Å². The average Bonchev–Trinajstić information content (AvgIpc) is 2.99. The molecule has 1 N–H and O–H groups in total. The Morgan fingerprint density at radius 3 is 1.90 bits per heavy atom. The van der Waals surface area contributed by atoms with E-state index in [-0.39, 0.29) is 15.5 Å². The number of nitrogens with one attached hydrogen (secondary N) is 1. The van der Waals surface area contributed by atoms with E-state index in [2.05, 4.69) is 4.72 Å². The van der Waals surface area contributed by atoms with Gasteiger partial charge in [-0.2, -0.15) is 0 Å². The first-order valence-electron chi connectivity index (χ1n) is 12.7. The topological polar surface area (TPSA) is 124 Å². The maximum atomic E-state index is 12.8. The summed E-state index contributed by atoms with van der Waals surface area (Å²) < 4.78 is 58.4. The molecule has 0 heterocycles. The molecular formula is C32H27NO7S2. The van der Waals surface area contributed by atoms with E-state index in [1.165, 1.54) is 42.5 Å². The number of carbonyl (C=O) groups is 2. The molecule has 0 saturated carbocycles. The van der Waals surface area contributed by atoms with Crippen LogP contribution in [0.5, 0.6) is 0 Å². The Labute approximate surface area is 245 Å². The van der Waals surface area contributed by atoms with Crippen LogP contribution in [0.25, 0.3) is 12.2 Å². The molecular weight excluding hydrogens is 574 g/mol. The molecule has 0 bridgehead atoms. The van der Waals surface area contributed by atoms with E-state index in [4.69, 9.17) is 4.74 Å². The normalized spacial score (nSPS) is 11.9. The molecule has 0 unspecified atom stereocenters. The highest BCUT2D eigenvalue weighted by molar-refractivity contribution is 7.92. The SMILES string of the molecule is O=C(/C=C/c1cccc(S(=O)(=O)Cc2ccccc2)c1)COC(=O)/C=C/c1cccc(S(=O)(=O)Nc2ccccc2)c1. The number of hydrogen-bond donors (Lipinski definition) is 1. The number of benzene rings is 4. The van der Waals surface area contributed by atoms with Crippen LogP contribution in [0, 0.1) is 0 Å². The number of rotatable bonds is 12. The van der Waals surface area contributed by atoms with Crippen LogP contribution in [0.1, 0.15) is 16.7 Å². The highest BCUT2D eigenvalue weighted by Gasteiger charge is 2.16. The Hall–Kier alpha value is -4.80. The van der Waals surface area contributed by atoms with Crippen molar-refractivity contribution in [2.45, 2.75) is 15.5 Å². The van der Waals surface area contributed by atoms with Crippen molar-refractivity contribution in [2.75, 3.05) is 11.3 Å². The molecule has 0 amide bonds. The van der Waals surface area contributed by atoms with Crippen molar-refractivity contribution in [1.29, 1.82) is 0 Å². The fourth-order valence-corrected chi connectivity index (χ4v) is 6.30. The van der Waals surface area contributed by atoms with Crippen LogP contribution in [-0.2, 0) is 39.9 Å². The first-order valence-corrected chi connectivity index (χ1v) is 15.8. The number of esters is 1. The van der Waals surface area contributed by atoms with Crippen molar-refractivity contribution < 1.29 is 31.2 Å². The van der Waals surface area contributed by atoms with Crippen molar-refractivity contribution in [3.63, 3.8) is 0 Å². The Balaban J connectivity index is 1.31. The van der Waals surface area contributed by atoms with Gasteiger partial charge in [-0.3, -0.25) is 9.52 Å². The second-order valence-corrected chi connectivity index (χ2v) is 12.8. The fraction of sp³-hybridized carbons (Fsp3) is 0.0625. The zero-order valence-electron chi connectivity index (χ0n) is 22.3. The molecule has 0 fully saturated rings. The van der Waals surface area contributed by atoms with E-state index < -0.39 is 38.2 Å². The van der Waals surface area contributed by atoms with Crippen LogP contribution in [0.15, 0.2) is 131 Å². The number of ketones is 1. The van der Waals surface area contributed by atoms with Crippen LogP contribution in [0.4, 0.5) is 5.69 Å². The maximum absolute atomic E-state index is 12.8. The number of anilines is 1. The molecule has 0 radical (unpaired) electrons. The Morgan fingerprint density at radius 2 is 1.24 bits per heavy atom. The molecule has 0 aromatic heterocycles. The van der Waals surface area contributed by atoms with Gasteiger partial charge in [-0.15, -0.1) is 0 Å². The predicted molar refractivity (Wildman–Crippen MR) is 162 cm³/mol. The molecule has 8 nitrogen and oxygen atoms in total. The van der Waals surface area contributed by atoms with Gasteiger partial charge in [-0.25, -0.2) is 21.6 Å². The summed E-state index contributed by atoms with van der Waals surface area (Å²) in [6, 6.07) is 29.5. The van der Waals surface area contributed by atoms with Gasteiger partial charge in [0.2, 0.25) is 0 Å². The highest BCUT2D eigenvalue weighted by Crippen LogP contribution is 2.19. The molecule has 42 heavy (non-hydrogen) atoms. The number of carbonyl (C=O) groups excluding carboxylic acids is 2. The van der Waals surface area contributed by atoms with Crippen molar-refractivity contribution in [3.8, 4) is 0 Å². The van der Waals surface area contributed by atoms with E-state index >= 15 is 0 Å². The smallest absolute Gasteiger partial charge is 0.331 e. The van der Waals surface area contributed by atoms with Crippen molar-refractivity contribution >= 4 is 49.5 Å². The number of sulfone groups is 1. The minimum atomic E-state index is -3.84. The lowest BCUT2D eigenvalue weighted by Gasteiger charge is -2.08. The third-order valence-electron chi connectivity index (χ3n) is 5.84. The van der Waals surface area contributed by atoms with Crippen molar-refractivity contribution in [1.82, 2.24) is 0 Å². The average molecular weight is 602 g/mol. The number of ether oxygens (including phenoxy) is 1. The molecule has 214 valence electrons. The number of para-hydroxylation sites is 1. The number of hydrogen-bond acceptors (Lipinski definition) is 7. The molecule has 0 spiro atoms. The number of sulfonamides is 1. The summed E-state index contributed by atoms with van der Waals surface area (Å²) in [5.74, 6) is -1.44. The first-order chi connectivity index (χ1) is 20.1. The lowest BCUT2D eigenvalue weighted by atomic mass is 10.2. The lowest BCUT2D eigenvalue weighted by Crippen LogP contribution is -2.12. The third kappa shape index (κ3) is 8.85. The van der Waals surface area contributed by atoms with Gasteiger partial charge in [-0.1, -0.05) is 78.9 Å². The lowest BCUT2D eigenvalue weighted by molar-refractivity contribution is -0.141. The second kappa shape index (κ2) is 13.7. The van der Waals surface area contributed by atoms with Gasteiger partial charge in [0.15, 0.2) is 22.2 Å². The molecule has 10 heteroatoms. The summed E-state index contributed by atoms with van der Waals surface area (Å²) in [4.78, 5) is 24.5. The third-order valence-corrected chi connectivity index (χ3v) is 8.91. The Bertz CT molecular complexity index is 1700. The predicted octanol–water partition coefficient (Wildman–Crippen LogP) is 5.30. The summed E-state index contributed by atoms with van der Waals surface area (Å²) in [5, 5.41) is 0. The van der Waals surface area contributed by atoms with Crippen LogP contribution >= 0.6 is 0 Å².